The number of nitro benzene ring substituents is 1. The first-order valence-corrected chi connectivity index (χ1v) is 7.91. The highest BCUT2D eigenvalue weighted by Crippen LogP contribution is 2.29. The number of hydrogen-bond donors (Lipinski definition) is 1. The molecule has 0 saturated carbocycles. The van der Waals surface area contributed by atoms with E-state index in [1.165, 1.54) is 42.0 Å². The Bertz CT molecular complexity index is 1010. The van der Waals surface area contributed by atoms with Crippen LogP contribution in [-0.2, 0) is 12.6 Å². The highest BCUT2D eigenvalue weighted by molar-refractivity contribution is 5.57. The molecule has 1 N–H and O–H groups in total. The summed E-state index contributed by atoms with van der Waals surface area (Å²) in [5.41, 5.74) is -0.258. The van der Waals surface area contributed by atoms with Crippen LogP contribution >= 0.6 is 0 Å². The van der Waals surface area contributed by atoms with Crippen molar-refractivity contribution in [1.29, 1.82) is 0 Å². The predicted octanol–water partition coefficient (Wildman–Crippen LogP) is 2.61. The monoisotopic (exact) mass is 351 g/mol. The fourth-order valence-corrected chi connectivity index (χ4v) is 2.84. The summed E-state index contributed by atoms with van der Waals surface area (Å²) in [7, 11) is 1.56. The number of benzene rings is 2. The number of aromatic nitrogens is 2. The number of nitrogens with zero attached hydrogens (tertiary/aromatic N) is 3. The lowest BCUT2D eigenvalue weighted by molar-refractivity contribution is -0.384. The third kappa shape index (κ3) is 3.00. The van der Waals surface area contributed by atoms with Crippen LogP contribution in [0.15, 0.2) is 65.6 Å². The molecule has 1 aromatic heterocycles. The van der Waals surface area contributed by atoms with Crippen LogP contribution in [0.25, 0.3) is 11.3 Å². The van der Waals surface area contributed by atoms with E-state index < -0.39 is 10.5 Å². The van der Waals surface area contributed by atoms with Crippen LogP contribution in [0.4, 0.5) is 5.69 Å². The van der Waals surface area contributed by atoms with Gasteiger partial charge in [-0.25, -0.2) is 4.98 Å². The van der Waals surface area contributed by atoms with Gasteiger partial charge in [-0.05, 0) is 24.6 Å². The molecular weight excluding hydrogens is 334 g/mol. The third-order valence-electron chi connectivity index (χ3n) is 4.37. The Kier molecular flexibility index (Phi) is 4.40. The van der Waals surface area contributed by atoms with E-state index in [1.807, 2.05) is 18.2 Å². The molecule has 0 aliphatic heterocycles. The summed E-state index contributed by atoms with van der Waals surface area (Å²) in [4.78, 5) is 27.2. The first-order chi connectivity index (χ1) is 12.3. The van der Waals surface area contributed by atoms with Crippen molar-refractivity contribution in [3.05, 3.63) is 92.5 Å². The minimum Gasteiger partial charge on any atom is -0.379 e. The van der Waals surface area contributed by atoms with Gasteiger partial charge in [0, 0.05) is 24.7 Å². The van der Waals surface area contributed by atoms with Crippen molar-refractivity contribution < 1.29 is 10.0 Å². The van der Waals surface area contributed by atoms with Gasteiger partial charge < -0.3 is 9.67 Å². The maximum Gasteiger partial charge on any atom is 0.277 e. The van der Waals surface area contributed by atoms with Crippen molar-refractivity contribution in [3.63, 3.8) is 0 Å². The van der Waals surface area contributed by atoms with Crippen LogP contribution in [-0.4, -0.2) is 19.6 Å². The maximum absolute atomic E-state index is 12.7. The highest BCUT2D eigenvalue weighted by atomic mass is 16.6. The molecule has 0 saturated heterocycles. The standard InChI is InChI=1S/C19H17N3O4/c1-19(24,14-8-10-15(11-9-14)22(25)26)16-12-20-17(18(23)21(16)2)13-6-4-3-5-7-13/h3-12,24H,1-2H3. The quantitative estimate of drug-likeness (QED) is 0.575. The molecule has 3 aromatic rings. The van der Waals surface area contributed by atoms with Crippen molar-refractivity contribution in [2.24, 2.45) is 7.05 Å². The number of hydrogen-bond acceptors (Lipinski definition) is 5. The molecule has 7 heteroatoms. The fourth-order valence-electron chi connectivity index (χ4n) is 2.84. The Balaban J connectivity index is 2.07. The zero-order chi connectivity index (χ0) is 18.9. The molecule has 7 nitrogen and oxygen atoms in total. The molecule has 26 heavy (non-hydrogen) atoms. The van der Waals surface area contributed by atoms with Crippen LogP contribution in [0.1, 0.15) is 18.2 Å². The van der Waals surface area contributed by atoms with Gasteiger partial charge >= 0.3 is 0 Å². The number of aliphatic hydroxyl groups is 1. The van der Waals surface area contributed by atoms with Gasteiger partial charge in [-0.1, -0.05) is 30.3 Å². The lowest BCUT2D eigenvalue weighted by atomic mass is 9.92. The van der Waals surface area contributed by atoms with Crippen molar-refractivity contribution in [2.45, 2.75) is 12.5 Å². The van der Waals surface area contributed by atoms with E-state index in [0.717, 1.165) is 0 Å². The minimum absolute atomic E-state index is 0.0732. The molecule has 1 heterocycles. The summed E-state index contributed by atoms with van der Waals surface area (Å²) in [6, 6.07) is 14.6. The second-order valence-electron chi connectivity index (χ2n) is 6.10. The Morgan fingerprint density at radius 2 is 1.73 bits per heavy atom. The lowest BCUT2D eigenvalue weighted by Crippen LogP contribution is -2.33. The van der Waals surface area contributed by atoms with E-state index in [0.29, 0.717) is 11.1 Å². The predicted molar refractivity (Wildman–Crippen MR) is 96.7 cm³/mol. The molecule has 0 bridgehead atoms. The van der Waals surface area contributed by atoms with E-state index in [1.54, 1.807) is 19.2 Å². The average Bonchev–Trinajstić information content (AvgIpc) is 2.64. The van der Waals surface area contributed by atoms with Crippen LogP contribution in [0.5, 0.6) is 0 Å². The van der Waals surface area contributed by atoms with E-state index in [2.05, 4.69) is 4.98 Å². The Morgan fingerprint density at radius 3 is 2.31 bits per heavy atom. The molecule has 0 amide bonds. The molecular formula is C19H17N3O4. The normalized spacial score (nSPS) is 13.2. The molecule has 0 aliphatic rings. The first kappa shape index (κ1) is 17.5. The van der Waals surface area contributed by atoms with Gasteiger partial charge in [0.2, 0.25) is 0 Å². The summed E-state index contributed by atoms with van der Waals surface area (Å²) in [5, 5.41) is 21.8. The second kappa shape index (κ2) is 6.53. The van der Waals surface area contributed by atoms with Gasteiger partial charge in [0.1, 0.15) is 11.3 Å². The summed E-state index contributed by atoms with van der Waals surface area (Å²) in [5.74, 6) is 0. The average molecular weight is 351 g/mol. The Morgan fingerprint density at radius 1 is 1.12 bits per heavy atom. The van der Waals surface area contributed by atoms with Crippen LogP contribution in [0.2, 0.25) is 0 Å². The van der Waals surface area contributed by atoms with Crippen LogP contribution in [0, 0.1) is 10.1 Å². The molecule has 0 radical (unpaired) electrons. The second-order valence-corrected chi connectivity index (χ2v) is 6.10. The molecule has 2 aromatic carbocycles. The van der Waals surface area contributed by atoms with Crippen molar-refractivity contribution in [2.75, 3.05) is 0 Å². The SMILES string of the molecule is Cn1c(C(C)(O)c2ccc([N+](=O)[O-])cc2)cnc(-c2ccccc2)c1=O. The Hall–Kier alpha value is -3.32. The van der Waals surface area contributed by atoms with Crippen molar-refractivity contribution >= 4 is 5.69 Å². The molecule has 1 unspecified atom stereocenters. The van der Waals surface area contributed by atoms with Crippen LogP contribution < -0.4 is 5.56 Å². The van der Waals surface area contributed by atoms with E-state index in [9.17, 15) is 20.0 Å². The zero-order valence-corrected chi connectivity index (χ0v) is 14.3. The number of non-ortho nitro benzene ring substituents is 1. The lowest BCUT2D eigenvalue weighted by Gasteiger charge is -2.26. The first-order valence-electron chi connectivity index (χ1n) is 7.91. The van der Waals surface area contributed by atoms with Gasteiger partial charge in [-0.2, -0.15) is 0 Å². The highest BCUT2D eigenvalue weighted by Gasteiger charge is 2.30. The maximum atomic E-state index is 12.7. The van der Waals surface area contributed by atoms with Gasteiger partial charge in [-0.15, -0.1) is 0 Å². The summed E-state index contributed by atoms with van der Waals surface area (Å²) < 4.78 is 1.34. The van der Waals surface area contributed by atoms with Crippen molar-refractivity contribution in [1.82, 2.24) is 9.55 Å². The van der Waals surface area contributed by atoms with Crippen LogP contribution in [0.3, 0.4) is 0 Å². The molecule has 0 spiro atoms. The van der Waals surface area contributed by atoms with Gasteiger partial charge in [0.25, 0.3) is 11.2 Å². The van der Waals surface area contributed by atoms with Crippen molar-refractivity contribution in [3.8, 4) is 11.3 Å². The largest absolute Gasteiger partial charge is 0.379 e. The Labute approximate surface area is 149 Å². The summed E-state index contributed by atoms with van der Waals surface area (Å²) in [6.45, 7) is 1.52. The zero-order valence-electron chi connectivity index (χ0n) is 14.3. The molecule has 3 rings (SSSR count). The van der Waals surface area contributed by atoms with Gasteiger partial charge in [0.15, 0.2) is 0 Å². The number of nitro groups is 1. The smallest absolute Gasteiger partial charge is 0.277 e. The molecule has 0 aliphatic carbocycles. The van der Waals surface area contributed by atoms with E-state index >= 15 is 0 Å². The summed E-state index contributed by atoms with van der Waals surface area (Å²) >= 11 is 0. The third-order valence-corrected chi connectivity index (χ3v) is 4.37. The molecule has 132 valence electrons. The fraction of sp³-hybridized carbons (Fsp3) is 0.158. The minimum atomic E-state index is -1.54. The summed E-state index contributed by atoms with van der Waals surface area (Å²) in [6.07, 6.45) is 1.45. The molecule has 1 atom stereocenters. The van der Waals surface area contributed by atoms with Gasteiger partial charge in [0.05, 0.1) is 16.8 Å². The topological polar surface area (TPSA) is 98.3 Å². The van der Waals surface area contributed by atoms with Gasteiger partial charge in [-0.3, -0.25) is 14.9 Å². The van der Waals surface area contributed by atoms with E-state index in [4.69, 9.17) is 0 Å². The molecule has 0 fully saturated rings. The van der Waals surface area contributed by atoms with E-state index in [-0.39, 0.29) is 22.6 Å². The number of rotatable bonds is 4.